The lowest BCUT2D eigenvalue weighted by molar-refractivity contribution is 0.0940. The average Bonchev–Trinajstić information content (AvgIpc) is 3.33. The lowest BCUT2D eigenvalue weighted by Gasteiger charge is -2.19. The van der Waals surface area contributed by atoms with E-state index in [4.69, 9.17) is 4.52 Å². The molecule has 140 valence electrons. The Morgan fingerprint density at radius 3 is 2.50 bits per heavy atom. The normalized spacial score (nSPS) is 11.9. The number of hydrogen-bond acceptors (Lipinski definition) is 5. The Morgan fingerprint density at radius 2 is 1.82 bits per heavy atom. The SMILES string of the molecule is Cc1onc(-c2ccncc2)c1C(=O)N[C@H](c1ccccc1)c1ccnn1C. The van der Waals surface area contributed by atoms with Gasteiger partial charge in [0, 0.05) is 31.2 Å². The fourth-order valence-electron chi connectivity index (χ4n) is 3.19. The summed E-state index contributed by atoms with van der Waals surface area (Å²) >= 11 is 0. The fraction of sp³-hybridized carbons (Fsp3) is 0.143. The molecule has 4 rings (SSSR count). The molecule has 7 nitrogen and oxygen atoms in total. The van der Waals surface area contributed by atoms with Gasteiger partial charge in [0.15, 0.2) is 0 Å². The highest BCUT2D eigenvalue weighted by Gasteiger charge is 2.26. The minimum Gasteiger partial charge on any atom is -0.360 e. The predicted octanol–water partition coefficient (Wildman–Crippen LogP) is 3.30. The van der Waals surface area contributed by atoms with Crippen molar-refractivity contribution < 1.29 is 9.32 Å². The van der Waals surface area contributed by atoms with Crippen molar-refractivity contribution in [2.45, 2.75) is 13.0 Å². The second kappa shape index (κ2) is 7.48. The lowest BCUT2D eigenvalue weighted by atomic mass is 10.0. The van der Waals surface area contributed by atoms with Crippen LogP contribution in [-0.4, -0.2) is 25.8 Å². The zero-order valence-corrected chi connectivity index (χ0v) is 15.5. The van der Waals surface area contributed by atoms with Gasteiger partial charge in [-0.05, 0) is 30.7 Å². The molecule has 7 heteroatoms. The van der Waals surface area contributed by atoms with E-state index in [1.54, 1.807) is 42.3 Å². The molecule has 4 aromatic rings. The van der Waals surface area contributed by atoms with Crippen LogP contribution in [0, 0.1) is 6.92 Å². The summed E-state index contributed by atoms with van der Waals surface area (Å²) in [5.41, 5.74) is 3.51. The summed E-state index contributed by atoms with van der Waals surface area (Å²) in [6, 6.07) is 14.9. The van der Waals surface area contributed by atoms with Crippen LogP contribution < -0.4 is 5.32 Å². The number of nitrogens with zero attached hydrogens (tertiary/aromatic N) is 4. The van der Waals surface area contributed by atoms with Gasteiger partial charge in [0.05, 0.1) is 11.7 Å². The molecule has 0 aliphatic carbocycles. The Kier molecular flexibility index (Phi) is 4.72. The van der Waals surface area contributed by atoms with Gasteiger partial charge < -0.3 is 9.84 Å². The standard InChI is InChI=1S/C21H19N5O2/c1-14-18(20(25-28-14)16-8-11-22-12-9-16)21(27)24-19(15-6-4-3-5-7-15)17-10-13-23-26(17)2/h3-13,19H,1-2H3,(H,24,27)/t19-/m1/s1. The maximum Gasteiger partial charge on any atom is 0.257 e. The quantitative estimate of drug-likeness (QED) is 0.580. The van der Waals surface area contributed by atoms with E-state index in [1.165, 1.54) is 0 Å². The summed E-state index contributed by atoms with van der Waals surface area (Å²) in [7, 11) is 1.85. The third kappa shape index (κ3) is 3.29. The second-order valence-electron chi connectivity index (χ2n) is 6.40. The first-order chi connectivity index (χ1) is 13.6. The van der Waals surface area contributed by atoms with Crippen LogP contribution in [0.5, 0.6) is 0 Å². The number of carbonyl (C=O) groups excluding carboxylic acids is 1. The van der Waals surface area contributed by atoms with E-state index >= 15 is 0 Å². The molecule has 0 saturated heterocycles. The van der Waals surface area contributed by atoms with Gasteiger partial charge in [-0.2, -0.15) is 5.10 Å². The Labute approximate surface area is 162 Å². The van der Waals surface area contributed by atoms with Gasteiger partial charge in [-0.1, -0.05) is 35.5 Å². The largest absolute Gasteiger partial charge is 0.360 e. The summed E-state index contributed by atoms with van der Waals surface area (Å²) in [6.07, 6.45) is 5.03. The van der Waals surface area contributed by atoms with E-state index in [-0.39, 0.29) is 11.9 Å². The Bertz CT molecular complexity index is 1090. The molecule has 1 atom stereocenters. The van der Waals surface area contributed by atoms with E-state index in [0.717, 1.165) is 16.8 Å². The van der Waals surface area contributed by atoms with Crippen LogP contribution in [0.3, 0.4) is 0 Å². The van der Waals surface area contributed by atoms with Crippen LogP contribution in [0.15, 0.2) is 71.6 Å². The van der Waals surface area contributed by atoms with Crippen LogP contribution in [0.25, 0.3) is 11.3 Å². The smallest absolute Gasteiger partial charge is 0.257 e. The summed E-state index contributed by atoms with van der Waals surface area (Å²) < 4.78 is 7.08. The summed E-state index contributed by atoms with van der Waals surface area (Å²) in [6.45, 7) is 1.73. The molecule has 0 saturated carbocycles. The van der Waals surface area contributed by atoms with Crippen molar-refractivity contribution in [3.05, 3.63) is 89.7 Å². The van der Waals surface area contributed by atoms with Crippen molar-refractivity contribution in [3.8, 4) is 11.3 Å². The minimum absolute atomic E-state index is 0.263. The van der Waals surface area contributed by atoms with Crippen LogP contribution >= 0.6 is 0 Å². The van der Waals surface area contributed by atoms with Crippen molar-refractivity contribution in [1.29, 1.82) is 0 Å². The van der Waals surface area contributed by atoms with Crippen LogP contribution in [0.4, 0.5) is 0 Å². The first-order valence-electron chi connectivity index (χ1n) is 8.85. The van der Waals surface area contributed by atoms with Gasteiger partial charge in [0.1, 0.15) is 17.0 Å². The van der Waals surface area contributed by atoms with Gasteiger partial charge >= 0.3 is 0 Å². The second-order valence-corrected chi connectivity index (χ2v) is 6.40. The number of rotatable bonds is 5. The molecule has 1 amide bonds. The van der Waals surface area contributed by atoms with E-state index < -0.39 is 0 Å². The summed E-state index contributed by atoms with van der Waals surface area (Å²) in [5.74, 6) is 0.196. The third-order valence-corrected chi connectivity index (χ3v) is 4.61. The van der Waals surface area contributed by atoms with Gasteiger partial charge in [0.25, 0.3) is 5.91 Å². The molecule has 0 spiro atoms. The van der Waals surface area contributed by atoms with Crippen LogP contribution in [-0.2, 0) is 7.05 Å². The molecule has 0 fully saturated rings. The number of carbonyl (C=O) groups is 1. The fourth-order valence-corrected chi connectivity index (χ4v) is 3.19. The van der Waals surface area contributed by atoms with Gasteiger partial charge in [-0.3, -0.25) is 14.5 Å². The molecule has 3 heterocycles. The molecule has 0 aliphatic heterocycles. The van der Waals surface area contributed by atoms with E-state index in [9.17, 15) is 4.79 Å². The van der Waals surface area contributed by atoms with Crippen molar-refractivity contribution in [3.63, 3.8) is 0 Å². The van der Waals surface area contributed by atoms with Gasteiger partial charge in [0.2, 0.25) is 0 Å². The van der Waals surface area contributed by atoms with E-state index in [1.807, 2.05) is 43.4 Å². The highest BCUT2D eigenvalue weighted by Crippen LogP contribution is 2.27. The average molecular weight is 373 g/mol. The molecule has 0 bridgehead atoms. The van der Waals surface area contributed by atoms with E-state index in [2.05, 4.69) is 20.6 Å². The Morgan fingerprint density at radius 1 is 1.07 bits per heavy atom. The minimum atomic E-state index is -0.360. The maximum atomic E-state index is 13.3. The zero-order chi connectivity index (χ0) is 19.5. The third-order valence-electron chi connectivity index (χ3n) is 4.61. The lowest BCUT2D eigenvalue weighted by Crippen LogP contribution is -2.31. The molecular weight excluding hydrogens is 354 g/mol. The summed E-state index contributed by atoms with van der Waals surface area (Å²) in [5, 5.41) is 11.4. The Hall–Kier alpha value is -3.74. The number of nitrogens with one attached hydrogen (secondary N) is 1. The molecule has 0 radical (unpaired) electrons. The van der Waals surface area contributed by atoms with Crippen molar-refractivity contribution in [1.82, 2.24) is 25.2 Å². The molecule has 1 aromatic carbocycles. The number of amides is 1. The van der Waals surface area contributed by atoms with Crippen molar-refractivity contribution in [2.75, 3.05) is 0 Å². The molecule has 28 heavy (non-hydrogen) atoms. The van der Waals surface area contributed by atoms with Gasteiger partial charge in [-0.15, -0.1) is 0 Å². The molecule has 3 aromatic heterocycles. The van der Waals surface area contributed by atoms with Crippen LogP contribution in [0.1, 0.15) is 33.4 Å². The molecular formula is C21H19N5O2. The topological polar surface area (TPSA) is 85.8 Å². The Balaban J connectivity index is 1.72. The number of aromatic nitrogens is 4. The first-order valence-corrected chi connectivity index (χ1v) is 8.85. The van der Waals surface area contributed by atoms with Gasteiger partial charge in [-0.25, -0.2) is 0 Å². The predicted molar refractivity (Wildman–Crippen MR) is 103 cm³/mol. The molecule has 1 N–H and O–H groups in total. The summed E-state index contributed by atoms with van der Waals surface area (Å²) in [4.78, 5) is 17.3. The zero-order valence-electron chi connectivity index (χ0n) is 15.5. The highest BCUT2D eigenvalue weighted by atomic mass is 16.5. The number of aryl methyl sites for hydroxylation is 2. The van der Waals surface area contributed by atoms with Crippen molar-refractivity contribution in [2.24, 2.45) is 7.05 Å². The maximum absolute atomic E-state index is 13.3. The molecule has 0 aliphatic rings. The van der Waals surface area contributed by atoms with Crippen LogP contribution in [0.2, 0.25) is 0 Å². The van der Waals surface area contributed by atoms with Crippen molar-refractivity contribution >= 4 is 5.91 Å². The van der Waals surface area contributed by atoms with E-state index in [0.29, 0.717) is 17.0 Å². The molecule has 0 unspecified atom stereocenters. The number of benzene rings is 1. The number of hydrogen-bond donors (Lipinski definition) is 1. The number of pyridine rings is 1. The monoisotopic (exact) mass is 373 g/mol. The highest BCUT2D eigenvalue weighted by molar-refractivity contribution is 6.01. The first kappa shape index (κ1) is 17.7.